The molecule has 8 heteroatoms. The van der Waals surface area contributed by atoms with Crippen LogP contribution in [-0.2, 0) is 22.4 Å². The zero-order valence-electron chi connectivity index (χ0n) is 16.7. The minimum atomic E-state index is -0.383. The Labute approximate surface area is 179 Å². The number of thioether (sulfide) groups is 1. The first-order valence-corrected chi connectivity index (χ1v) is 10.5. The van der Waals surface area contributed by atoms with Crippen LogP contribution in [0, 0.1) is 0 Å². The van der Waals surface area contributed by atoms with Crippen molar-refractivity contribution in [3.8, 4) is 5.75 Å². The summed E-state index contributed by atoms with van der Waals surface area (Å²) in [5, 5.41) is 1.60. The number of hydrogen-bond acceptors (Lipinski definition) is 6. The predicted octanol–water partition coefficient (Wildman–Crippen LogP) is 3.27. The highest BCUT2D eigenvalue weighted by molar-refractivity contribution is 8.15. The summed E-state index contributed by atoms with van der Waals surface area (Å²) in [6.45, 7) is 1.06. The van der Waals surface area contributed by atoms with Gasteiger partial charge in [-0.15, -0.1) is 0 Å². The number of rotatable bonds is 9. The highest BCUT2D eigenvalue weighted by atomic mass is 32.2. The Morgan fingerprint density at radius 3 is 2.43 bits per heavy atom. The van der Waals surface area contributed by atoms with E-state index in [1.54, 1.807) is 7.05 Å². The van der Waals surface area contributed by atoms with Crippen LogP contribution in [0.2, 0.25) is 0 Å². The van der Waals surface area contributed by atoms with Crippen LogP contribution in [0.1, 0.15) is 11.1 Å². The molecule has 0 radical (unpaired) electrons. The van der Waals surface area contributed by atoms with E-state index in [2.05, 4.69) is 5.32 Å². The molecule has 1 aliphatic rings. The normalized spacial score (nSPS) is 15.6. The molecule has 0 spiro atoms. The summed E-state index contributed by atoms with van der Waals surface area (Å²) in [4.78, 5) is 36.4. The first-order chi connectivity index (χ1) is 14.5. The number of carbonyl (C=O) groups excluding carboxylic acids is 3. The minimum absolute atomic E-state index is 0.246. The second kappa shape index (κ2) is 10.7. The second-order valence-corrected chi connectivity index (χ2v) is 8.03. The summed E-state index contributed by atoms with van der Waals surface area (Å²) in [6, 6.07) is 17.2. The molecule has 3 rings (SSSR count). The third-order valence-corrected chi connectivity index (χ3v) is 5.56. The topological polar surface area (TPSA) is 84.9 Å². The number of nitrogens with one attached hydrogen (secondary N) is 1. The van der Waals surface area contributed by atoms with Gasteiger partial charge in [0.2, 0.25) is 5.91 Å². The molecular formula is C22H24N2O5S. The maximum Gasteiger partial charge on any atom is 0.409 e. The second-order valence-electron chi connectivity index (χ2n) is 6.85. The number of ether oxygens (including phenoxy) is 2. The van der Waals surface area contributed by atoms with E-state index >= 15 is 0 Å². The zero-order valence-corrected chi connectivity index (χ0v) is 17.5. The van der Waals surface area contributed by atoms with Gasteiger partial charge in [-0.2, -0.15) is 0 Å². The van der Waals surface area contributed by atoms with Gasteiger partial charge in [0.15, 0.2) is 0 Å². The Morgan fingerprint density at radius 1 is 1.03 bits per heavy atom. The monoisotopic (exact) mass is 428 g/mol. The van der Waals surface area contributed by atoms with Gasteiger partial charge in [0.25, 0.3) is 5.24 Å². The first kappa shape index (κ1) is 21.7. The smallest absolute Gasteiger partial charge is 0.409 e. The van der Waals surface area contributed by atoms with Crippen LogP contribution in [0.15, 0.2) is 54.6 Å². The van der Waals surface area contributed by atoms with Crippen molar-refractivity contribution in [2.75, 3.05) is 26.8 Å². The quantitative estimate of drug-likeness (QED) is 0.660. The number of benzene rings is 2. The molecule has 0 saturated carbocycles. The number of amides is 3. The molecule has 2 aromatic rings. The van der Waals surface area contributed by atoms with E-state index in [-0.39, 0.29) is 22.5 Å². The lowest BCUT2D eigenvalue weighted by molar-refractivity contribution is -0.118. The van der Waals surface area contributed by atoms with Gasteiger partial charge in [-0.25, -0.2) is 4.79 Å². The van der Waals surface area contributed by atoms with E-state index in [0.717, 1.165) is 22.9 Å². The molecule has 2 aromatic carbocycles. The van der Waals surface area contributed by atoms with Gasteiger partial charge < -0.3 is 14.4 Å². The average Bonchev–Trinajstić information content (AvgIpc) is 3.06. The van der Waals surface area contributed by atoms with Crippen LogP contribution in [0.4, 0.5) is 9.59 Å². The molecule has 0 aromatic heterocycles. The molecule has 30 heavy (non-hydrogen) atoms. The van der Waals surface area contributed by atoms with Crippen LogP contribution in [0.3, 0.4) is 0 Å². The van der Waals surface area contributed by atoms with Gasteiger partial charge in [0, 0.05) is 13.5 Å². The predicted molar refractivity (Wildman–Crippen MR) is 115 cm³/mol. The third kappa shape index (κ3) is 6.52. The third-order valence-electron chi connectivity index (χ3n) is 4.58. The number of carbonyl (C=O) groups is 3. The fraction of sp³-hybridized carbons (Fsp3) is 0.318. The van der Waals surface area contributed by atoms with E-state index in [1.807, 2.05) is 54.6 Å². The standard InChI is InChI=1S/C22H24N2O5S/c1-24(22(27)29-13-11-16-5-3-2-4-6-16)12-14-28-18-9-7-17(8-10-18)15-19-20(25)23-21(26)30-19/h2-10,19H,11-15H2,1H3,(H,23,25,26). The lowest BCUT2D eigenvalue weighted by atomic mass is 10.1. The van der Waals surface area contributed by atoms with Crippen LogP contribution in [0.5, 0.6) is 5.75 Å². The van der Waals surface area contributed by atoms with Crippen molar-refractivity contribution in [2.45, 2.75) is 18.1 Å². The molecule has 1 atom stereocenters. The molecule has 3 amide bonds. The molecule has 158 valence electrons. The van der Waals surface area contributed by atoms with Crippen LogP contribution in [0.25, 0.3) is 0 Å². The molecule has 1 unspecified atom stereocenters. The van der Waals surface area contributed by atoms with Crippen LogP contribution in [-0.4, -0.2) is 54.2 Å². The van der Waals surface area contributed by atoms with Crippen molar-refractivity contribution >= 4 is 29.0 Å². The number of hydrogen-bond donors (Lipinski definition) is 1. The maximum absolute atomic E-state index is 12.0. The fourth-order valence-electron chi connectivity index (χ4n) is 2.87. The molecule has 1 N–H and O–H groups in total. The summed E-state index contributed by atoms with van der Waals surface area (Å²) in [5.41, 5.74) is 2.07. The lowest BCUT2D eigenvalue weighted by Gasteiger charge is -2.17. The summed E-state index contributed by atoms with van der Waals surface area (Å²) in [5.74, 6) is 0.424. The summed E-state index contributed by atoms with van der Waals surface area (Å²) in [7, 11) is 1.67. The number of imide groups is 1. The maximum atomic E-state index is 12.0. The van der Waals surface area contributed by atoms with E-state index < -0.39 is 0 Å². The van der Waals surface area contributed by atoms with Crippen molar-refractivity contribution < 1.29 is 23.9 Å². The van der Waals surface area contributed by atoms with Crippen molar-refractivity contribution in [1.82, 2.24) is 10.2 Å². The van der Waals surface area contributed by atoms with Crippen molar-refractivity contribution in [3.63, 3.8) is 0 Å². The van der Waals surface area contributed by atoms with Crippen LogP contribution >= 0.6 is 11.8 Å². The van der Waals surface area contributed by atoms with Crippen molar-refractivity contribution in [1.29, 1.82) is 0 Å². The van der Waals surface area contributed by atoms with E-state index in [9.17, 15) is 14.4 Å². The average molecular weight is 429 g/mol. The molecular weight excluding hydrogens is 404 g/mol. The van der Waals surface area contributed by atoms with Gasteiger partial charge in [-0.3, -0.25) is 14.9 Å². The molecule has 1 fully saturated rings. The zero-order chi connectivity index (χ0) is 21.3. The lowest BCUT2D eigenvalue weighted by Crippen LogP contribution is -2.31. The molecule has 0 bridgehead atoms. The highest BCUT2D eigenvalue weighted by Crippen LogP contribution is 2.23. The summed E-state index contributed by atoms with van der Waals surface area (Å²) < 4.78 is 11.0. The molecule has 1 aliphatic heterocycles. The highest BCUT2D eigenvalue weighted by Gasteiger charge is 2.31. The molecule has 1 heterocycles. The van der Waals surface area contributed by atoms with E-state index in [0.29, 0.717) is 38.3 Å². The van der Waals surface area contributed by atoms with Crippen molar-refractivity contribution in [2.24, 2.45) is 0 Å². The van der Waals surface area contributed by atoms with E-state index in [1.165, 1.54) is 4.90 Å². The Kier molecular flexibility index (Phi) is 7.73. The molecule has 0 aliphatic carbocycles. The molecule has 7 nitrogen and oxygen atoms in total. The van der Waals surface area contributed by atoms with Crippen LogP contribution < -0.4 is 10.1 Å². The number of nitrogens with zero attached hydrogens (tertiary/aromatic N) is 1. The van der Waals surface area contributed by atoms with Gasteiger partial charge >= 0.3 is 6.09 Å². The van der Waals surface area contributed by atoms with Gasteiger partial charge in [0.1, 0.15) is 12.4 Å². The van der Waals surface area contributed by atoms with Gasteiger partial charge in [-0.1, -0.05) is 54.2 Å². The number of likely N-dealkylation sites (N-methyl/N-ethyl adjacent to an activating group) is 1. The largest absolute Gasteiger partial charge is 0.492 e. The van der Waals surface area contributed by atoms with Crippen molar-refractivity contribution in [3.05, 3.63) is 65.7 Å². The molecule has 1 saturated heterocycles. The SMILES string of the molecule is CN(CCOc1ccc(CC2SC(=O)NC2=O)cc1)C(=O)OCCc1ccccc1. The fourth-order valence-corrected chi connectivity index (χ4v) is 3.73. The summed E-state index contributed by atoms with van der Waals surface area (Å²) >= 11 is 1.02. The minimum Gasteiger partial charge on any atom is -0.492 e. The Morgan fingerprint density at radius 2 is 1.77 bits per heavy atom. The Balaban J connectivity index is 1.34. The van der Waals surface area contributed by atoms with Gasteiger partial charge in [0.05, 0.1) is 18.4 Å². The first-order valence-electron chi connectivity index (χ1n) is 9.66. The summed E-state index contributed by atoms with van der Waals surface area (Å²) in [6.07, 6.45) is 0.783. The Hall–Kier alpha value is -3.00. The Bertz CT molecular complexity index is 873. The van der Waals surface area contributed by atoms with E-state index in [4.69, 9.17) is 9.47 Å². The van der Waals surface area contributed by atoms with Gasteiger partial charge in [-0.05, 0) is 29.7 Å².